The molecule has 0 spiro atoms. The summed E-state index contributed by atoms with van der Waals surface area (Å²) in [6, 6.07) is 11.9. The first-order valence-electron chi connectivity index (χ1n) is 10.5. The molecule has 1 saturated heterocycles. The normalized spacial score (nSPS) is 20.1. The Bertz CT molecular complexity index is 869. The predicted octanol–water partition coefficient (Wildman–Crippen LogP) is 4.94. The lowest BCUT2D eigenvalue weighted by molar-refractivity contribution is 0.0820. The van der Waals surface area contributed by atoms with Crippen LogP contribution in [0.1, 0.15) is 54.6 Å². The number of anilines is 2. The van der Waals surface area contributed by atoms with E-state index in [1.54, 1.807) is 11.8 Å². The van der Waals surface area contributed by atoms with Crippen LogP contribution in [0.5, 0.6) is 0 Å². The van der Waals surface area contributed by atoms with Crippen LogP contribution in [-0.4, -0.2) is 42.9 Å². The molecular formula is C23H29N3O2S. The van der Waals surface area contributed by atoms with Gasteiger partial charge >= 0.3 is 0 Å². The zero-order chi connectivity index (χ0) is 20.2. The van der Waals surface area contributed by atoms with E-state index in [9.17, 15) is 4.79 Å². The maximum absolute atomic E-state index is 13.2. The summed E-state index contributed by atoms with van der Waals surface area (Å²) in [6.07, 6.45) is 6.75. The van der Waals surface area contributed by atoms with Gasteiger partial charge in [-0.1, -0.05) is 12.5 Å². The number of aromatic nitrogens is 1. The highest BCUT2D eigenvalue weighted by molar-refractivity contribution is 7.98. The van der Waals surface area contributed by atoms with E-state index >= 15 is 0 Å². The molecule has 1 aromatic heterocycles. The molecule has 29 heavy (non-hydrogen) atoms. The summed E-state index contributed by atoms with van der Waals surface area (Å²) < 4.78 is 5.81. The topological polar surface area (TPSA) is 54.5 Å². The van der Waals surface area contributed by atoms with Crippen LogP contribution in [0, 0.1) is 0 Å². The number of hydrogen-bond acceptors (Lipinski definition) is 5. The van der Waals surface area contributed by atoms with E-state index in [4.69, 9.17) is 9.72 Å². The summed E-state index contributed by atoms with van der Waals surface area (Å²) in [4.78, 5) is 21.5. The molecule has 0 bridgehead atoms. The molecule has 154 valence electrons. The molecule has 1 amide bonds. The highest BCUT2D eigenvalue weighted by atomic mass is 32.2. The van der Waals surface area contributed by atoms with Crippen LogP contribution in [0.15, 0.2) is 41.3 Å². The summed E-state index contributed by atoms with van der Waals surface area (Å²) in [6.45, 7) is 4.45. The van der Waals surface area contributed by atoms with Crippen molar-refractivity contribution in [3.05, 3.63) is 47.7 Å². The molecule has 0 radical (unpaired) electrons. The molecule has 1 aliphatic carbocycles. The number of thioether (sulfide) groups is 1. The van der Waals surface area contributed by atoms with E-state index in [1.807, 2.05) is 42.7 Å². The first-order chi connectivity index (χ1) is 14.1. The second kappa shape index (κ2) is 9.18. The number of benzene rings is 1. The van der Waals surface area contributed by atoms with E-state index in [2.05, 4.69) is 17.1 Å². The summed E-state index contributed by atoms with van der Waals surface area (Å²) in [5, 5.41) is 3.07. The molecule has 5 nitrogen and oxygen atoms in total. The van der Waals surface area contributed by atoms with Crippen LogP contribution in [0.25, 0.3) is 0 Å². The van der Waals surface area contributed by atoms with Gasteiger partial charge in [-0.2, -0.15) is 0 Å². The first-order valence-corrected chi connectivity index (χ1v) is 11.7. The minimum Gasteiger partial charge on any atom is -0.377 e. The van der Waals surface area contributed by atoms with E-state index < -0.39 is 0 Å². The molecule has 6 heteroatoms. The van der Waals surface area contributed by atoms with Crippen molar-refractivity contribution in [2.75, 3.05) is 36.2 Å². The van der Waals surface area contributed by atoms with Crippen LogP contribution in [-0.2, 0) is 4.74 Å². The minimum atomic E-state index is -0.108. The number of hydrogen-bond donors (Lipinski definition) is 1. The molecule has 4 rings (SSSR count). The standard InChI is InChI=1S/C23H29N3O2S/c1-16-15-26(12-5-13-28-16)22-20(10-11-21(25-22)17-6-3-7-17)23(27)24-18-8-4-9-19(14-18)29-2/h4,8-11,14,16-17H,3,5-7,12-13,15H2,1-2H3,(H,24,27). The molecular weight excluding hydrogens is 382 g/mol. The van der Waals surface area contributed by atoms with E-state index in [-0.39, 0.29) is 12.0 Å². The highest BCUT2D eigenvalue weighted by Crippen LogP contribution is 2.37. The Balaban J connectivity index is 1.64. The Morgan fingerprint density at radius 1 is 1.24 bits per heavy atom. The van der Waals surface area contributed by atoms with Gasteiger partial charge in [-0.15, -0.1) is 11.8 Å². The van der Waals surface area contributed by atoms with Gasteiger partial charge in [-0.25, -0.2) is 4.98 Å². The Morgan fingerprint density at radius 3 is 2.86 bits per heavy atom. The molecule has 1 saturated carbocycles. The molecule has 1 aliphatic heterocycles. The molecule has 1 atom stereocenters. The Morgan fingerprint density at radius 2 is 2.10 bits per heavy atom. The lowest BCUT2D eigenvalue weighted by Gasteiger charge is -2.29. The zero-order valence-corrected chi connectivity index (χ0v) is 18.0. The summed E-state index contributed by atoms with van der Waals surface area (Å²) >= 11 is 1.66. The fraction of sp³-hybridized carbons (Fsp3) is 0.478. The van der Waals surface area contributed by atoms with Crippen LogP contribution in [0.2, 0.25) is 0 Å². The molecule has 2 fully saturated rings. The van der Waals surface area contributed by atoms with Gasteiger partial charge in [0, 0.05) is 41.9 Å². The number of ether oxygens (including phenoxy) is 1. The second-order valence-corrected chi connectivity index (χ2v) is 8.78. The summed E-state index contributed by atoms with van der Waals surface area (Å²) in [7, 11) is 0. The van der Waals surface area contributed by atoms with Crippen LogP contribution in [0.3, 0.4) is 0 Å². The van der Waals surface area contributed by atoms with Gasteiger partial charge in [0.1, 0.15) is 5.82 Å². The maximum Gasteiger partial charge on any atom is 0.259 e. The van der Waals surface area contributed by atoms with Crippen LogP contribution in [0.4, 0.5) is 11.5 Å². The molecule has 2 aliphatic rings. The molecule has 2 heterocycles. The van der Waals surface area contributed by atoms with Crippen molar-refractivity contribution in [1.29, 1.82) is 0 Å². The average molecular weight is 412 g/mol. The van der Waals surface area contributed by atoms with Crippen molar-refractivity contribution < 1.29 is 9.53 Å². The minimum absolute atomic E-state index is 0.108. The molecule has 1 N–H and O–H groups in total. The Labute approximate surface area is 177 Å². The van der Waals surface area contributed by atoms with E-state index in [0.29, 0.717) is 11.5 Å². The molecule has 2 aromatic rings. The third-order valence-corrected chi connectivity index (χ3v) is 6.47. The first kappa shape index (κ1) is 20.2. The third-order valence-electron chi connectivity index (χ3n) is 5.74. The van der Waals surface area contributed by atoms with E-state index in [0.717, 1.165) is 48.2 Å². The number of nitrogens with one attached hydrogen (secondary N) is 1. The van der Waals surface area contributed by atoms with Gasteiger partial charge in [0.2, 0.25) is 0 Å². The molecule has 1 aromatic carbocycles. The lowest BCUT2D eigenvalue weighted by atomic mass is 9.82. The van der Waals surface area contributed by atoms with Crippen LogP contribution < -0.4 is 10.2 Å². The van der Waals surface area contributed by atoms with Gasteiger partial charge in [0.05, 0.1) is 11.7 Å². The van der Waals surface area contributed by atoms with Gasteiger partial charge in [0.25, 0.3) is 5.91 Å². The largest absolute Gasteiger partial charge is 0.377 e. The van der Waals surface area contributed by atoms with Gasteiger partial charge in [-0.05, 0) is 62.8 Å². The van der Waals surface area contributed by atoms with Crippen molar-refractivity contribution in [2.45, 2.75) is 49.5 Å². The van der Waals surface area contributed by atoms with Crippen molar-refractivity contribution in [2.24, 2.45) is 0 Å². The summed E-state index contributed by atoms with van der Waals surface area (Å²) in [5.74, 6) is 1.22. The predicted molar refractivity (Wildman–Crippen MR) is 119 cm³/mol. The summed E-state index contributed by atoms with van der Waals surface area (Å²) in [5.41, 5.74) is 2.56. The van der Waals surface area contributed by atoms with Crippen molar-refractivity contribution in [3.8, 4) is 0 Å². The number of carbonyl (C=O) groups is 1. The SMILES string of the molecule is CSc1cccc(NC(=O)c2ccc(C3CCC3)nc2N2CCCOC(C)C2)c1. The van der Waals surface area contributed by atoms with Crippen molar-refractivity contribution in [1.82, 2.24) is 4.98 Å². The Kier molecular flexibility index (Phi) is 6.40. The number of nitrogens with zero attached hydrogens (tertiary/aromatic N) is 2. The highest BCUT2D eigenvalue weighted by Gasteiger charge is 2.26. The monoisotopic (exact) mass is 411 g/mol. The van der Waals surface area contributed by atoms with Crippen LogP contribution >= 0.6 is 11.8 Å². The fourth-order valence-corrected chi connectivity index (χ4v) is 4.36. The Hall–Kier alpha value is -2.05. The molecule has 1 unspecified atom stereocenters. The number of pyridine rings is 1. The van der Waals surface area contributed by atoms with Gasteiger partial charge in [0.15, 0.2) is 0 Å². The lowest BCUT2D eigenvalue weighted by Crippen LogP contribution is -2.33. The van der Waals surface area contributed by atoms with Gasteiger partial charge < -0.3 is 15.0 Å². The van der Waals surface area contributed by atoms with Crippen molar-refractivity contribution >= 4 is 29.2 Å². The fourth-order valence-electron chi connectivity index (χ4n) is 3.90. The van der Waals surface area contributed by atoms with E-state index in [1.165, 1.54) is 19.3 Å². The van der Waals surface area contributed by atoms with Gasteiger partial charge in [-0.3, -0.25) is 4.79 Å². The number of carbonyl (C=O) groups excluding carboxylic acids is 1. The average Bonchev–Trinajstić information content (AvgIpc) is 2.91. The smallest absolute Gasteiger partial charge is 0.259 e. The maximum atomic E-state index is 13.2. The second-order valence-electron chi connectivity index (χ2n) is 7.90. The van der Waals surface area contributed by atoms with Crippen molar-refractivity contribution in [3.63, 3.8) is 0 Å². The quantitative estimate of drug-likeness (QED) is 0.707. The number of amides is 1. The third kappa shape index (κ3) is 4.75. The zero-order valence-electron chi connectivity index (χ0n) is 17.2. The number of rotatable bonds is 5.